The largest absolute Gasteiger partial charge is 0.571 e. The molecule has 0 amide bonds. The van der Waals surface area contributed by atoms with Gasteiger partial charge in [-0.1, -0.05) is 0 Å². The van der Waals surface area contributed by atoms with E-state index in [4.69, 9.17) is 28.8 Å². The first kappa shape index (κ1) is 35.7. The van der Waals surface area contributed by atoms with Gasteiger partial charge in [0.25, 0.3) is 11.9 Å². The molecule has 19 nitrogen and oxygen atoms in total. The van der Waals surface area contributed by atoms with Gasteiger partial charge >= 0.3 is 11.9 Å². The number of carbonyl (C=O) groups excluding carboxylic acids is 1. The molecule has 2 aromatic carbocycles. The number of aliphatic hydroxyl groups is 6. The third kappa shape index (κ3) is 7.38. The van der Waals surface area contributed by atoms with Crippen molar-refractivity contribution in [3.63, 3.8) is 0 Å². The topological polar surface area (TPSA) is 316 Å². The van der Waals surface area contributed by atoms with Crippen LogP contribution in [0.25, 0.3) is 6.08 Å². The minimum Gasteiger partial charge on any atom is -0.571 e. The Balaban J connectivity index is 1.53. The normalized spacial score (nSPS) is 32.7. The van der Waals surface area contributed by atoms with Crippen molar-refractivity contribution in [2.45, 2.75) is 80.9 Å². The summed E-state index contributed by atoms with van der Waals surface area (Å²) in [4.78, 5) is 22.8. The Morgan fingerprint density at radius 3 is 2.14 bits per heavy atom. The Hall–Kier alpha value is -4.60. The van der Waals surface area contributed by atoms with Crippen LogP contribution in [0.2, 0.25) is 0 Å². The van der Waals surface area contributed by atoms with E-state index in [1.165, 1.54) is 19.1 Å². The number of benzene rings is 2. The molecule has 5 rings (SSSR count). The van der Waals surface area contributed by atoms with E-state index < -0.39 is 115 Å². The van der Waals surface area contributed by atoms with E-state index in [0.29, 0.717) is 0 Å². The highest BCUT2D eigenvalue weighted by Crippen LogP contribution is 2.48. The molecule has 2 aromatic rings. The van der Waals surface area contributed by atoms with Crippen molar-refractivity contribution in [2.24, 2.45) is 0 Å². The fraction of sp³-hybridized carbons (Fsp3) is 0.467. The number of carboxylic acids is 1. The average Bonchev–Trinajstić information content (AvgIpc) is 3.03. The average molecular weight is 700 g/mol. The lowest BCUT2D eigenvalue weighted by molar-refractivity contribution is -0.361. The van der Waals surface area contributed by atoms with Gasteiger partial charge in [0.15, 0.2) is 35.4 Å². The monoisotopic (exact) mass is 699 g/mol. The lowest BCUT2D eigenvalue weighted by Crippen LogP contribution is -2.64. The van der Waals surface area contributed by atoms with Gasteiger partial charge < -0.3 is 84.6 Å². The van der Waals surface area contributed by atoms with Crippen molar-refractivity contribution in [3.8, 4) is 34.5 Å². The highest BCUT2D eigenvalue weighted by molar-refractivity contribution is 5.90. The van der Waals surface area contributed by atoms with E-state index >= 15 is 0 Å². The summed E-state index contributed by atoms with van der Waals surface area (Å²) >= 11 is 0. The number of carboxylic acid groups (broad SMARTS) is 1. The van der Waals surface area contributed by atoms with E-state index in [0.717, 1.165) is 18.2 Å². The van der Waals surface area contributed by atoms with Gasteiger partial charge in [0, 0.05) is 12.1 Å². The minimum absolute atomic E-state index is 0.00116. The number of aliphatic carboxylic acids is 1. The summed E-state index contributed by atoms with van der Waals surface area (Å²) in [5.74, 6) is -6.16. The Kier molecular flexibility index (Phi) is 10.3. The van der Waals surface area contributed by atoms with E-state index in [1.54, 1.807) is 0 Å². The second-order valence-electron chi connectivity index (χ2n) is 11.6. The molecule has 0 aromatic heterocycles. The molecule has 0 spiro atoms. The number of aromatic hydroxyl groups is 6. The summed E-state index contributed by atoms with van der Waals surface area (Å²) in [5, 5.41) is 113. The number of aliphatic hydroxyl groups excluding tert-OH is 5. The molecule has 268 valence electrons. The van der Waals surface area contributed by atoms with Crippen molar-refractivity contribution in [1.82, 2.24) is 0 Å². The minimum atomic E-state index is -1.99. The molecule has 3 aliphatic heterocycles. The number of phenolic OH excluding ortho intramolecular Hbond substituents is 5. The van der Waals surface area contributed by atoms with Crippen LogP contribution in [0, 0.1) is 0 Å². The zero-order valence-electron chi connectivity index (χ0n) is 25.4. The van der Waals surface area contributed by atoms with Crippen LogP contribution in [-0.2, 0) is 33.3 Å². The van der Waals surface area contributed by atoms with Crippen LogP contribution in [0.5, 0.6) is 34.5 Å². The SMILES string of the molecule is C[C@@H]1O[C@@H](O[C@@H]2[C@H](OC3=Cc4c(O)cc(O)cc4[OH+]C3c3cc(O)c(O)c(O)c3)O[C@H](COC(=O)CC(=O)O)[C@H](O)[C@@H]2O)[C@@H](O)[C@H](O)[C@H]1O. The molecular weight excluding hydrogens is 664 g/mol. The van der Waals surface area contributed by atoms with E-state index in [2.05, 4.69) is 4.74 Å². The van der Waals surface area contributed by atoms with Crippen molar-refractivity contribution >= 4 is 18.0 Å². The quantitative estimate of drug-likeness (QED) is 0.0598. The fourth-order valence-electron chi connectivity index (χ4n) is 5.45. The Labute approximate surface area is 275 Å². The first-order valence-corrected chi connectivity index (χ1v) is 14.7. The maximum atomic E-state index is 11.9. The molecule has 12 N–H and O–H groups in total. The molecule has 1 unspecified atom stereocenters. The van der Waals surface area contributed by atoms with E-state index in [-0.39, 0.29) is 28.4 Å². The van der Waals surface area contributed by atoms with Crippen LogP contribution in [-0.4, -0.2) is 141 Å². The molecule has 3 aliphatic rings. The standard InChI is InChI=1S/C30H34O19/c1-9-21(38)24(41)26(43)29(45-9)49-28-25(42)23(40)18(8-44-20(37)7-19(35)36)48-30(28)47-17-6-12-13(32)4-11(31)5-16(12)46-27(17)10-2-14(33)22(39)15(34)3-10/h2-6,9,18,21,23-34,38-43H,7-8H2,1H3,(H,35,36)/p+1/t9-,18+,21-,23-,24+,25-,26-,27?,28-,29-,30+/m0/s1. The zero-order chi connectivity index (χ0) is 35.9. The van der Waals surface area contributed by atoms with Crippen LogP contribution in [0.15, 0.2) is 30.0 Å². The number of carbonyl (C=O) groups is 2. The second kappa shape index (κ2) is 14.1. The van der Waals surface area contributed by atoms with Gasteiger partial charge in [0.05, 0.1) is 17.7 Å². The molecule has 2 fully saturated rings. The number of ether oxygens (including phenoxy) is 6. The molecule has 2 saturated heterocycles. The first-order chi connectivity index (χ1) is 23.0. The van der Waals surface area contributed by atoms with Gasteiger partial charge in [-0.05, 0) is 19.1 Å². The van der Waals surface area contributed by atoms with Crippen LogP contribution in [0.4, 0.5) is 0 Å². The fourth-order valence-corrected chi connectivity index (χ4v) is 5.45. The first-order valence-electron chi connectivity index (χ1n) is 14.7. The number of phenols is 5. The third-order valence-corrected chi connectivity index (χ3v) is 8.05. The van der Waals surface area contributed by atoms with Crippen LogP contribution in [0.3, 0.4) is 0 Å². The van der Waals surface area contributed by atoms with E-state index in [9.17, 15) is 60.7 Å². The molecule has 0 aliphatic carbocycles. The van der Waals surface area contributed by atoms with Gasteiger partial charge in [0.1, 0.15) is 66.7 Å². The summed E-state index contributed by atoms with van der Waals surface area (Å²) in [6.07, 6.45) is -18.3. The number of hydrogen-bond acceptors (Lipinski definition) is 17. The van der Waals surface area contributed by atoms with Crippen LogP contribution < -0.4 is 0 Å². The van der Waals surface area contributed by atoms with Crippen molar-refractivity contribution in [3.05, 3.63) is 41.2 Å². The summed E-state index contributed by atoms with van der Waals surface area (Å²) in [7, 11) is 0. The number of hydrogen-bond donors (Lipinski definition) is 11. The molecule has 0 bridgehead atoms. The summed E-state index contributed by atoms with van der Waals surface area (Å²) in [6, 6.07) is 4.22. The number of fused-ring (bicyclic) bond motifs is 1. The molecule has 49 heavy (non-hydrogen) atoms. The van der Waals surface area contributed by atoms with E-state index in [1.807, 2.05) is 0 Å². The molecule has 3 heterocycles. The van der Waals surface area contributed by atoms with Crippen LogP contribution >= 0.6 is 0 Å². The lowest BCUT2D eigenvalue weighted by atomic mass is 9.97. The summed E-state index contributed by atoms with van der Waals surface area (Å²) < 4.78 is 32.5. The highest BCUT2D eigenvalue weighted by Gasteiger charge is 2.52. The molecule has 11 atom stereocenters. The third-order valence-electron chi connectivity index (χ3n) is 8.05. The maximum Gasteiger partial charge on any atom is 0.317 e. The smallest absolute Gasteiger partial charge is 0.317 e. The predicted octanol–water partition coefficient (Wildman–Crippen LogP) is -1.75. The predicted molar refractivity (Wildman–Crippen MR) is 156 cm³/mol. The van der Waals surface area contributed by atoms with Crippen molar-refractivity contribution in [2.75, 3.05) is 6.61 Å². The second-order valence-corrected chi connectivity index (χ2v) is 11.6. The molecular formula is C30H35O19+. The Bertz CT molecular complexity index is 1570. The van der Waals surface area contributed by atoms with Gasteiger partial charge in [-0.2, -0.15) is 0 Å². The lowest BCUT2D eigenvalue weighted by Gasteiger charge is -2.46. The zero-order valence-corrected chi connectivity index (χ0v) is 25.4. The van der Waals surface area contributed by atoms with Crippen molar-refractivity contribution in [1.29, 1.82) is 0 Å². The maximum absolute atomic E-state index is 11.9. The summed E-state index contributed by atoms with van der Waals surface area (Å²) in [6.45, 7) is 0.564. The Morgan fingerprint density at radius 2 is 1.49 bits per heavy atom. The molecule has 0 saturated carbocycles. The van der Waals surface area contributed by atoms with Gasteiger partial charge in [-0.15, -0.1) is 0 Å². The van der Waals surface area contributed by atoms with Gasteiger partial charge in [-0.25, -0.2) is 0 Å². The molecule has 19 heteroatoms. The molecule has 0 radical (unpaired) electrons. The van der Waals surface area contributed by atoms with Crippen molar-refractivity contribution < 1.29 is 94.2 Å². The van der Waals surface area contributed by atoms with Gasteiger partial charge in [0.2, 0.25) is 6.29 Å². The highest BCUT2D eigenvalue weighted by atomic mass is 16.8. The number of rotatable bonds is 9. The van der Waals surface area contributed by atoms with Gasteiger partial charge in [-0.3, -0.25) is 9.59 Å². The summed E-state index contributed by atoms with van der Waals surface area (Å²) in [5.41, 5.74) is -0.0150. The number of esters is 1. The van der Waals surface area contributed by atoms with Crippen LogP contribution in [0.1, 0.15) is 30.6 Å². The Morgan fingerprint density at radius 1 is 0.816 bits per heavy atom.